The molecule has 133 heavy (non-hydrogen) atoms. The third-order valence-corrected chi connectivity index (χ3v) is 17.5. The van der Waals surface area contributed by atoms with E-state index in [1.165, 1.54) is 40.4 Å². The molecule has 35 heteroatoms. The fourth-order valence-electron chi connectivity index (χ4n) is 11.0. The van der Waals surface area contributed by atoms with Gasteiger partial charge >= 0.3 is 89.8 Å². The summed E-state index contributed by atoms with van der Waals surface area (Å²) in [7, 11) is 9.32. The van der Waals surface area contributed by atoms with Crippen molar-refractivity contribution in [2.24, 2.45) is 0 Å². The van der Waals surface area contributed by atoms with Gasteiger partial charge in [0, 0.05) is 106 Å². The van der Waals surface area contributed by atoms with Gasteiger partial charge in [0.05, 0.1) is 65.8 Å². The standard InChI is InChI=1S/C22H24N2O5.C21H22N2O5.2C19H26N2O5.C17H22N2O5/c1-28-20(25)12-13-21(26)29-16-19(14-17-8-4-2-5-9-17)24-22(27)23-15-18-10-6-3-7-11-18;1-27-19(24)12-13-20(25)28-15-18(14-16-8-4-2-5-9-16)23-21(26)22-17-10-6-3-7-11-17;1-19(2,3)21-18(24)20-15(12-14-8-6-5-7-9-14)13-26-17(23)11-10-16(22)25-4;1-4-21(5-2)19(24)20-16(13-15-9-7-6-8-10-15)14-26-18(23)12-11-17(22)25-3;1-19(2)17(22)18-14(11-13-7-5-4-6-8-13)12-24-16(21)10-9-15(20)23-3/h2-13,19H,14-16H2,1H3,(H2,23,24,27);2-13,18H,14-15H2,1H3,(H2,22,23,26);5-11,15H,12-13H2,1-4H3,(H2,20,21,24);6-12,16H,4-5,13-14H2,1-3H3,(H,20,24);4-10,14H,11-12H2,1-3H3,(H,18,22)/b2*13-12+;11-10+;12-11+;10-9+/t19-;18-;15-;16-;14-/m11111/s1. The third-order valence-electron chi connectivity index (χ3n) is 17.5. The molecular weight excluding hydrogens is 1720 g/mol. The van der Waals surface area contributed by atoms with Crippen molar-refractivity contribution in [1.29, 1.82) is 0 Å². The fraction of sp³-hybridized carbons (Fsp3) is 0.316. The summed E-state index contributed by atoms with van der Waals surface area (Å²) in [6.07, 6.45) is 12.3. The maximum absolute atomic E-state index is 12.3. The first-order valence-electron chi connectivity index (χ1n) is 41.9. The fourth-order valence-corrected chi connectivity index (χ4v) is 11.0. The number of carbonyl (C=O) groups is 15. The summed E-state index contributed by atoms with van der Waals surface area (Å²) in [6.45, 7) is 10.8. The Morgan fingerprint density at radius 2 is 0.519 bits per heavy atom. The number of hydrogen-bond donors (Lipinski definition) is 8. The van der Waals surface area contributed by atoms with Crippen LogP contribution in [-0.2, 0) is 134 Å². The van der Waals surface area contributed by atoms with E-state index in [0.29, 0.717) is 57.4 Å². The van der Waals surface area contributed by atoms with Crippen LogP contribution < -0.4 is 42.5 Å². The highest BCUT2D eigenvalue weighted by molar-refractivity contribution is 5.95. The summed E-state index contributed by atoms with van der Waals surface area (Å²) in [6, 6.07) is 62.6. The Bertz CT molecular complexity index is 4860. The average molecular weight is 1840 g/mol. The zero-order valence-electron chi connectivity index (χ0n) is 76.7. The van der Waals surface area contributed by atoms with Crippen molar-refractivity contribution in [2.45, 2.75) is 109 Å². The molecule has 0 spiro atoms. The molecule has 0 aliphatic heterocycles. The maximum Gasteiger partial charge on any atom is 0.331 e. The van der Waals surface area contributed by atoms with E-state index >= 15 is 0 Å². The van der Waals surface area contributed by atoms with Crippen molar-refractivity contribution in [3.05, 3.63) is 306 Å². The van der Waals surface area contributed by atoms with Gasteiger partial charge < -0.3 is 99.7 Å². The Labute approximate surface area is 774 Å². The molecule has 712 valence electrons. The molecule has 7 aromatic rings. The number of benzene rings is 7. The average Bonchev–Trinajstić information content (AvgIpc) is 0.905. The smallest absolute Gasteiger partial charge is 0.331 e. The van der Waals surface area contributed by atoms with Gasteiger partial charge in [0.15, 0.2) is 0 Å². The number of nitrogens with one attached hydrogen (secondary N) is 8. The molecule has 0 aromatic heterocycles. The van der Waals surface area contributed by atoms with E-state index in [1.807, 2.05) is 235 Å². The lowest BCUT2D eigenvalue weighted by Gasteiger charge is -2.24. The van der Waals surface area contributed by atoms with E-state index < -0.39 is 89.9 Å². The van der Waals surface area contributed by atoms with Crippen LogP contribution in [0.15, 0.2) is 273 Å². The Balaban J connectivity index is 0.000000429. The minimum Gasteiger partial charge on any atom is -0.466 e. The van der Waals surface area contributed by atoms with Crippen molar-refractivity contribution < 1.29 is 119 Å². The molecule has 0 saturated carbocycles. The summed E-state index contributed by atoms with van der Waals surface area (Å²) >= 11 is 0. The number of methoxy groups -OCH3 is 5. The van der Waals surface area contributed by atoms with Crippen molar-refractivity contribution in [3.8, 4) is 0 Å². The van der Waals surface area contributed by atoms with Crippen molar-refractivity contribution >= 4 is 95.5 Å². The predicted octanol–water partition coefficient (Wildman–Crippen LogP) is 10.1. The number of para-hydroxylation sites is 1. The van der Waals surface area contributed by atoms with Crippen LogP contribution in [0.5, 0.6) is 0 Å². The van der Waals surface area contributed by atoms with Crippen LogP contribution in [-0.4, -0.2) is 231 Å². The first kappa shape index (κ1) is 111. The Kier molecular flexibility index (Phi) is 55.1. The molecular formula is C98H120N10O25. The molecule has 0 heterocycles. The van der Waals surface area contributed by atoms with Gasteiger partial charge in [-0.3, -0.25) is 0 Å². The molecule has 0 radical (unpaired) electrons. The highest BCUT2D eigenvalue weighted by Crippen LogP contribution is 2.13. The molecule has 5 atom stereocenters. The van der Waals surface area contributed by atoms with Gasteiger partial charge in [-0.15, -0.1) is 0 Å². The van der Waals surface area contributed by atoms with Gasteiger partial charge in [-0.25, -0.2) is 71.9 Å². The summed E-state index contributed by atoms with van der Waals surface area (Å²) in [5.74, 6) is -6.68. The monoisotopic (exact) mass is 1840 g/mol. The zero-order valence-corrected chi connectivity index (χ0v) is 76.7. The highest BCUT2D eigenvalue weighted by atomic mass is 16.6. The Morgan fingerprint density at radius 1 is 0.293 bits per heavy atom. The minimum absolute atomic E-state index is 0.00769. The topological polar surface area (TPSA) is 451 Å². The van der Waals surface area contributed by atoms with Crippen molar-refractivity contribution in [3.63, 3.8) is 0 Å². The van der Waals surface area contributed by atoms with Crippen LogP contribution in [0, 0.1) is 0 Å². The summed E-state index contributed by atoms with van der Waals surface area (Å²) in [4.78, 5) is 177. The van der Waals surface area contributed by atoms with Gasteiger partial charge in [-0.05, 0) is 112 Å². The number of nitrogens with zero attached hydrogens (tertiary/aromatic N) is 2. The second kappa shape index (κ2) is 65.8. The number of urea groups is 5. The maximum atomic E-state index is 12.3. The number of carbonyl (C=O) groups excluding carboxylic acids is 15. The van der Waals surface area contributed by atoms with E-state index in [0.717, 1.165) is 94.1 Å². The van der Waals surface area contributed by atoms with Crippen LogP contribution in [0.2, 0.25) is 0 Å². The molecule has 0 bridgehead atoms. The molecule has 35 nitrogen and oxygen atoms in total. The molecule has 0 fully saturated rings. The number of anilines is 1. The quantitative estimate of drug-likeness (QED) is 0.0100. The molecule has 0 unspecified atom stereocenters. The summed E-state index contributed by atoms with van der Waals surface area (Å²) < 4.78 is 47.7. The van der Waals surface area contributed by atoms with Gasteiger partial charge in [-0.1, -0.05) is 200 Å². The lowest BCUT2D eigenvalue weighted by molar-refractivity contribution is -0.140. The molecule has 7 rings (SSSR count). The largest absolute Gasteiger partial charge is 0.466 e. The number of amides is 10. The van der Waals surface area contributed by atoms with E-state index in [2.05, 4.69) is 66.2 Å². The second-order valence-corrected chi connectivity index (χ2v) is 29.5. The van der Waals surface area contributed by atoms with Gasteiger partial charge in [0.2, 0.25) is 0 Å². The van der Waals surface area contributed by atoms with Crippen LogP contribution in [0.4, 0.5) is 29.7 Å². The van der Waals surface area contributed by atoms with E-state index in [-0.39, 0.29) is 68.7 Å². The van der Waals surface area contributed by atoms with Gasteiger partial charge in [0.1, 0.15) is 33.0 Å². The van der Waals surface area contributed by atoms with E-state index in [1.54, 1.807) is 31.1 Å². The molecule has 7 aromatic carbocycles. The number of esters is 10. The van der Waals surface area contributed by atoms with Crippen LogP contribution in [0.3, 0.4) is 0 Å². The van der Waals surface area contributed by atoms with Crippen LogP contribution >= 0.6 is 0 Å². The van der Waals surface area contributed by atoms with Crippen molar-refractivity contribution in [1.82, 2.24) is 47.0 Å². The second-order valence-electron chi connectivity index (χ2n) is 29.5. The summed E-state index contributed by atoms with van der Waals surface area (Å²) in [5.41, 5.74) is 6.21. The molecule has 0 saturated heterocycles. The molecule has 0 aliphatic rings. The summed E-state index contributed by atoms with van der Waals surface area (Å²) in [5, 5.41) is 22.4. The normalized spacial score (nSPS) is 11.7. The number of rotatable bonds is 40. The van der Waals surface area contributed by atoms with E-state index in [9.17, 15) is 71.9 Å². The predicted molar refractivity (Wildman–Crippen MR) is 496 cm³/mol. The lowest BCUT2D eigenvalue weighted by atomic mass is 10.1. The molecule has 8 N–H and O–H groups in total. The third kappa shape index (κ3) is 54.9. The number of ether oxygens (including phenoxy) is 10. The highest BCUT2D eigenvalue weighted by Gasteiger charge is 2.24. The zero-order chi connectivity index (χ0) is 98.0. The first-order chi connectivity index (χ1) is 63.7. The Hall–Kier alpha value is -15.7. The SMILES string of the molecule is CCN(CC)C(=O)N[C@@H](COC(=O)/C=C/C(=O)OC)Cc1ccccc1.COC(=O)/C=C/C(=O)OC[C@@H](Cc1ccccc1)NC(=O)N(C)C.COC(=O)/C=C/C(=O)OC[C@@H](Cc1ccccc1)NC(=O)NC(C)(C)C.COC(=O)/C=C/C(=O)OC[C@@H](Cc1ccccc1)NC(=O)NCc1ccccc1.COC(=O)/C=C/C(=O)OC[C@@H](Cc1ccccc1)NC(=O)Nc1ccccc1. The van der Waals surface area contributed by atoms with E-state index in [4.69, 9.17) is 23.7 Å². The number of hydrogen-bond acceptors (Lipinski definition) is 25. The Morgan fingerprint density at radius 3 is 0.767 bits per heavy atom. The van der Waals surface area contributed by atoms with Crippen LogP contribution in [0.25, 0.3) is 0 Å². The van der Waals surface area contributed by atoms with Gasteiger partial charge in [-0.2, -0.15) is 0 Å². The van der Waals surface area contributed by atoms with Crippen LogP contribution in [0.1, 0.15) is 68.0 Å². The lowest BCUT2D eigenvalue weighted by Crippen LogP contribution is -2.51. The van der Waals surface area contributed by atoms with Crippen molar-refractivity contribution in [2.75, 3.05) is 101 Å². The first-order valence-corrected chi connectivity index (χ1v) is 41.9. The molecule has 10 amide bonds. The minimum atomic E-state index is -0.700. The molecule has 0 aliphatic carbocycles. The van der Waals surface area contributed by atoms with Gasteiger partial charge in [0.25, 0.3) is 0 Å².